The number of amides is 1. The van der Waals surface area contributed by atoms with Gasteiger partial charge in [0.05, 0.1) is 23.8 Å². The number of rotatable bonds is 6. The van der Waals surface area contributed by atoms with Crippen LogP contribution in [0.15, 0.2) is 40.3 Å². The predicted molar refractivity (Wildman–Crippen MR) is 133 cm³/mol. The summed E-state index contributed by atoms with van der Waals surface area (Å²) >= 11 is 1.09. The van der Waals surface area contributed by atoms with Crippen LogP contribution in [0.4, 0.5) is 11.4 Å². The van der Waals surface area contributed by atoms with Crippen molar-refractivity contribution in [1.29, 1.82) is 0 Å². The lowest BCUT2D eigenvalue weighted by Crippen LogP contribution is -2.23. The van der Waals surface area contributed by atoms with Crippen LogP contribution in [0.5, 0.6) is 0 Å². The normalized spacial score (nSPS) is 14.0. The highest BCUT2D eigenvalue weighted by Crippen LogP contribution is 2.22. The standard InChI is InChI=1S/C24H27N5O4S/c1-15-13-18(23(32)33-2)20-21(25-15)27-24(28-22(20)31)34-14-19(30)26-16-7-9-17(10-8-16)29-11-5-3-4-6-12-29/h7-10,13H,3-6,11-12,14H2,1-2H3,(H,26,30)(H,25,27,28,31). The van der Waals surface area contributed by atoms with Gasteiger partial charge in [-0.15, -0.1) is 0 Å². The smallest absolute Gasteiger partial charge is 0.338 e. The van der Waals surface area contributed by atoms with E-state index in [2.05, 4.69) is 25.2 Å². The molecule has 0 bridgehead atoms. The van der Waals surface area contributed by atoms with Gasteiger partial charge in [0.25, 0.3) is 5.56 Å². The number of hydrogen-bond donors (Lipinski definition) is 2. The molecular formula is C24H27N5O4S. The van der Waals surface area contributed by atoms with Crippen molar-refractivity contribution in [3.05, 3.63) is 51.9 Å². The number of anilines is 2. The van der Waals surface area contributed by atoms with Gasteiger partial charge < -0.3 is 19.9 Å². The summed E-state index contributed by atoms with van der Waals surface area (Å²) in [5, 5.41) is 3.19. The summed E-state index contributed by atoms with van der Waals surface area (Å²) in [6.07, 6.45) is 4.98. The highest BCUT2D eigenvalue weighted by atomic mass is 32.2. The molecule has 34 heavy (non-hydrogen) atoms. The number of methoxy groups -OCH3 is 1. The van der Waals surface area contributed by atoms with Crippen molar-refractivity contribution in [2.45, 2.75) is 37.8 Å². The zero-order valence-electron chi connectivity index (χ0n) is 19.2. The topological polar surface area (TPSA) is 117 Å². The van der Waals surface area contributed by atoms with E-state index in [0.29, 0.717) is 11.4 Å². The van der Waals surface area contributed by atoms with Gasteiger partial charge in [-0.05, 0) is 50.1 Å². The average Bonchev–Trinajstić information content (AvgIpc) is 3.11. The average molecular weight is 482 g/mol. The fourth-order valence-corrected chi connectivity index (χ4v) is 4.66. The Bertz CT molecular complexity index is 1250. The Kier molecular flexibility index (Phi) is 7.46. The van der Waals surface area contributed by atoms with Crippen LogP contribution in [0.25, 0.3) is 11.0 Å². The number of ether oxygens (including phenoxy) is 1. The van der Waals surface area contributed by atoms with Gasteiger partial charge in [0.2, 0.25) is 5.91 Å². The number of pyridine rings is 1. The molecule has 0 spiro atoms. The van der Waals surface area contributed by atoms with Crippen molar-refractivity contribution in [2.24, 2.45) is 0 Å². The Balaban J connectivity index is 1.41. The molecule has 10 heteroatoms. The third-order valence-corrected chi connectivity index (χ3v) is 6.52. The van der Waals surface area contributed by atoms with Crippen LogP contribution in [0.1, 0.15) is 41.7 Å². The fourth-order valence-electron chi connectivity index (χ4n) is 4.00. The molecule has 1 aliphatic heterocycles. The maximum absolute atomic E-state index is 12.6. The highest BCUT2D eigenvalue weighted by molar-refractivity contribution is 7.99. The molecule has 3 aromatic rings. The lowest BCUT2D eigenvalue weighted by Gasteiger charge is -2.22. The molecule has 4 rings (SSSR count). The number of thioether (sulfide) groups is 1. The van der Waals surface area contributed by atoms with E-state index >= 15 is 0 Å². The molecule has 9 nitrogen and oxygen atoms in total. The number of aromatic nitrogens is 3. The highest BCUT2D eigenvalue weighted by Gasteiger charge is 2.18. The number of hydrogen-bond acceptors (Lipinski definition) is 8. The number of aryl methyl sites for hydroxylation is 1. The molecule has 3 heterocycles. The molecule has 0 unspecified atom stereocenters. The van der Waals surface area contributed by atoms with Gasteiger partial charge in [0.15, 0.2) is 10.8 Å². The van der Waals surface area contributed by atoms with Crippen molar-refractivity contribution in [3.63, 3.8) is 0 Å². The Morgan fingerprint density at radius 1 is 1.12 bits per heavy atom. The van der Waals surface area contributed by atoms with E-state index in [-0.39, 0.29) is 33.4 Å². The number of fused-ring (bicyclic) bond motifs is 1. The van der Waals surface area contributed by atoms with Crippen molar-refractivity contribution < 1.29 is 14.3 Å². The van der Waals surface area contributed by atoms with Gasteiger partial charge in [-0.25, -0.2) is 14.8 Å². The minimum atomic E-state index is -0.635. The maximum atomic E-state index is 12.6. The Hall–Kier alpha value is -3.40. The number of nitrogens with one attached hydrogen (secondary N) is 2. The van der Waals surface area contributed by atoms with Gasteiger partial charge in [-0.1, -0.05) is 24.6 Å². The number of carbonyl (C=O) groups excluding carboxylic acids is 2. The second kappa shape index (κ2) is 10.7. The van der Waals surface area contributed by atoms with Crippen LogP contribution >= 0.6 is 11.8 Å². The van der Waals surface area contributed by atoms with Crippen LogP contribution in [0, 0.1) is 6.92 Å². The minimum Gasteiger partial charge on any atom is -0.465 e. The zero-order valence-corrected chi connectivity index (χ0v) is 20.0. The first-order valence-corrected chi connectivity index (χ1v) is 12.2. The van der Waals surface area contributed by atoms with Crippen LogP contribution in [-0.4, -0.2) is 52.8 Å². The van der Waals surface area contributed by atoms with Gasteiger partial charge in [0, 0.05) is 30.2 Å². The van der Waals surface area contributed by atoms with E-state index in [0.717, 1.165) is 24.9 Å². The van der Waals surface area contributed by atoms with Gasteiger partial charge in [-0.2, -0.15) is 0 Å². The van der Waals surface area contributed by atoms with Crippen LogP contribution in [0.2, 0.25) is 0 Å². The summed E-state index contributed by atoms with van der Waals surface area (Å²) in [6.45, 7) is 3.83. The van der Waals surface area contributed by atoms with Gasteiger partial charge >= 0.3 is 5.97 Å². The summed E-state index contributed by atoms with van der Waals surface area (Å²) in [7, 11) is 1.25. The summed E-state index contributed by atoms with van der Waals surface area (Å²) in [5.41, 5.74) is 2.14. The second-order valence-electron chi connectivity index (χ2n) is 8.16. The van der Waals surface area contributed by atoms with Crippen molar-refractivity contribution in [2.75, 3.05) is 36.2 Å². The first kappa shape index (κ1) is 23.7. The summed E-state index contributed by atoms with van der Waals surface area (Å²) in [4.78, 5) is 50.7. The largest absolute Gasteiger partial charge is 0.465 e. The van der Waals surface area contributed by atoms with E-state index in [1.54, 1.807) is 6.92 Å². The third-order valence-electron chi connectivity index (χ3n) is 5.65. The number of H-pyrrole nitrogens is 1. The SMILES string of the molecule is COC(=O)c1cc(C)nc2nc(SCC(=O)Nc3ccc(N4CCCCCC4)cc3)[nH]c(=O)c12. The van der Waals surface area contributed by atoms with Crippen molar-refractivity contribution >= 4 is 46.0 Å². The molecule has 0 saturated carbocycles. The van der Waals surface area contributed by atoms with Gasteiger partial charge in [-0.3, -0.25) is 9.59 Å². The Labute approximate surface area is 201 Å². The van der Waals surface area contributed by atoms with E-state index in [1.165, 1.54) is 44.5 Å². The van der Waals surface area contributed by atoms with Crippen molar-refractivity contribution in [1.82, 2.24) is 15.0 Å². The third kappa shape index (κ3) is 5.56. The summed E-state index contributed by atoms with van der Waals surface area (Å²) in [6, 6.07) is 9.36. The molecular weight excluding hydrogens is 454 g/mol. The summed E-state index contributed by atoms with van der Waals surface area (Å²) in [5.74, 6) is -0.801. The molecule has 0 atom stereocenters. The van der Waals surface area contributed by atoms with Crippen molar-refractivity contribution in [3.8, 4) is 0 Å². The number of aromatic amines is 1. The monoisotopic (exact) mass is 481 g/mol. The van der Waals surface area contributed by atoms with E-state index in [9.17, 15) is 14.4 Å². The molecule has 1 fully saturated rings. The fraction of sp³-hybridized carbons (Fsp3) is 0.375. The summed E-state index contributed by atoms with van der Waals surface area (Å²) < 4.78 is 4.76. The molecule has 2 N–H and O–H groups in total. The zero-order chi connectivity index (χ0) is 24.1. The Morgan fingerprint density at radius 3 is 2.50 bits per heavy atom. The predicted octanol–water partition coefficient (Wildman–Crippen LogP) is 3.52. The molecule has 1 aromatic carbocycles. The van der Waals surface area contributed by atoms with Crippen LogP contribution in [-0.2, 0) is 9.53 Å². The maximum Gasteiger partial charge on any atom is 0.338 e. The molecule has 1 amide bonds. The molecule has 0 radical (unpaired) electrons. The quantitative estimate of drug-likeness (QED) is 0.312. The number of nitrogens with zero attached hydrogens (tertiary/aromatic N) is 3. The first-order chi connectivity index (χ1) is 16.4. The first-order valence-electron chi connectivity index (χ1n) is 11.2. The number of esters is 1. The van der Waals surface area contributed by atoms with Crippen LogP contribution < -0.4 is 15.8 Å². The molecule has 2 aromatic heterocycles. The minimum absolute atomic E-state index is 0.0536. The Morgan fingerprint density at radius 2 is 1.82 bits per heavy atom. The number of benzene rings is 1. The van der Waals surface area contributed by atoms with E-state index in [1.807, 2.05) is 24.3 Å². The molecule has 1 saturated heterocycles. The molecule has 178 valence electrons. The second-order valence-corrected chi connectivity index (χ2v) is 9.12. The van der Waals surface area contributed by atoms with Crippen LogP contribution in [0.3, 0.4) is 0 Å². The lowest BCUT2D eigenvalue weighted by molar-refractivity contribution is -0.113. The molecule has 1 aliphatic rings. The van der Waals surface area contributed by atoms with E-state index < -0.39 is 11.5 Å². The van der Waals surface area contributed by atoms with Gasteiger partial charge in [0.1, 0.15) is 0 Å². The van der Waals surface area contributed by atoms with E-state index in [4.69, 9.17) is 4.74 Å². The molecule has 0 aliphatic carbocycles. The lowest BCUT2D eigenvalue weighted by atomic mass is 10.1. The number of carbonyl (C=O) groups is 2.